The highest BCUT2D eigenvalue weighted by atomic mass is 19.3. The minimum absolute atomic E-state index is 0.105. The molecule has 2 heterocycles. The molecule has 0 radical (unpaired) electrons. The summed E-state index contributed by atoms with van der Waals surface area (Å²) in [7, 11) is 0. The van der Waals surface area contributed by atoms with Gasteiger partial charge in [-0.2, -0.15) is 5.10 Å². The van der Waals surface area contributed by atoms with Crippen molar-refractivity contribution in [2.24, 2.45) is 16.1 Å². The number of halogens is 3. The third-order valence-corrected chi connectivity index (χ3v) is 6.16. The molecule has 2 fully saturated rings. The molecule has 0 spiro atoms. The summed E-state index contributed by atoms with van der Waals surface area (Å²) >= 11 is 0. The van der Waals surface area contributed by atoms with Crippen molar-refractivity contribution in [1.82, 2.24) is 9.80 Å². The average Bonchev–Trinajstić information content (AvgIpc) is 3.34. The van der Waals surface area contributed by atoms with Crippen molar-refractivity contribution < 1.29 is 18.3 Å². The highest BCUT2D eigenvalue weighted by Gasteiger charge is 2.57. The summed E-state index contributed by atoms with van der Waals surface area (Å²) < 4.78 is 39.7. The van der Waals surface area contributed by atoms with E-state index in [0.717, 1.165) is 11.3 Å². The van der Waals surface area contributed by atoms with Gasteiger partial charge in [0, 0.05) is 57.0 Å². The van der Waals surface area contributed by atoms with Crippen LogP contribution in [0.2, 0.25) is 0 Å². The van der Waals surface area contributed by atoms with Crippen LogP contribution in [0.4, 0.5) is 13.2 Å². The standard InChI is InChI=1S/C22H25F3N4O/c1-26-27-20(14-17-15-22(17,24)25)29-10-6-19(7-11-29)28-12-8-21(30,9-13-28)16-2-4-18(23)5-3-16/h2-7,10,17,30H,1,8-9,11-15H2/b27-20-. The normalized spacial score (nSPS) is 25.1. The van der Waals surface area contributed by atoms with Gasteiger partial charge in [0.15, 0.2) is 0 Å². The number of likely N-dealkylation sites (tertiary alicyclic amines) is 1. The van der Waals surface area contributed by atoms with Gasteiger partial charge in [0.2, 0.25) is 0 Å². The lowest BCUT2D eigenvalue weighted by atomic mass is 9.84. The number of hydrogen-bond acceptors (Lipinski definition) is 4. The lowest BCUT2D eigenvalue weighted by molar-refractivity contribution is -0.0180. The maximum Gasteiger partial charge on any atom is 0.252 e. The summed E-state index contributed by atoms with van der Waals surface area (Å²) in [4.78, 5) is 3.99. The molecule has 1 aromatic carbocycles. The van der Waals surface area contributed by atoms with Crippen LogP contribution in [0.1, 0.15) is 31.2 Å². The molecule has 8 heteroatoms. The molecule has 1 unspecified atom stereocenters. The second kappa shape index (κ2) is 7.91. The van der Waals surface area contributed by atoms with Crippen LogP contribution in [0.5, 0.6) is 0 Å². The summed E-state index contributed by atoms with van der Waals surface area (Å²) in [6.07, 6.45) is 6.93. The van der Waals surface area contributed by atoms with Gasteiger partial charge in [0.25, 0.3) is 5.92 Å². The summed E-state index contributed by atoms with van der Waals surface area (Å²) in [5.74, 6) is -3.11. The average molecular weight is 418 g/mol. The van der Waals surface area contributed by atoms with E-state index in [1.165, 1.54) is 12.1 Å². The van der Waals surface area contributed by atoms with E-state index < -0.39 is 17.4 Å². The van der Waals surface area contributed by atoms with Gasteiger partial charge in [-0.3, -0.25) is 0 Å². The van der Waals surface area contributed by atoms with E-state index >= 15 is 0 Å². The highest BCUT2D eigenvalue weighted by Crippen LogP contribution is 2.51. The quantitative estimate of drug-likeness (QED) is 0.449. The lowest BCUT2D eigenvalue weighted by Gasteiger charge is -2.41. The van der Waals surface area contributed by atoms with Crippen LogP contribution < -0.4 is 0 Å². The Morgan fingerprint density at radius 1 is 1.20 bits per heavy atom. The van der Waals surface area contributed by atoms with Crippen molar-refractivity contribution in [1.29, 1.82) is 0 Å². The van der Waals surface area contributed by atoms with E-state index in [1.807, 2.05) is 23.3 Å². The van der Waals surface area contributed by atoms with Crippen molar-refractivity contribution in [3.8, 4) is 0 Å². The van der Waals surface area contributed by atoms with Gasteiger partial charge < -0.3 is 14.9 Å². The fourth-order valence-corrected chi connectivity index (χ4v) is 4.11. The molecule has 0 aromatic heterocycles. The van der Waals surface area contributed by atoms with Crippen LogP contribution in [0.3, 0.4) is 0 Å². The number of aliphatic hydroxyl groups is 1. The predicted molar refractivity (Wildman–Crippen MR) is 110 cm³/mol. The molecule has 3 aliphatic rings. The van der Waals surface area contributed by atoms with Gasteiger partial charge in [-0.05, 0) is 42.7 Å². The van der Waals surface area contributed by atoms with E-state index in [1.54, 1.807) is 12.1 Å². The molecular formula is C22H25F3N4O. The van der Waals surface area contributed by atoms with Gasteiger partial charge in [-0.15, -0.1) is 5.10 Å². The number of allylic oxidation sites excluding steroid dienone is 1. The maximum absolute atomic E-state index is 13.3. The van der Waals surface area contributed by atoms with Crippen LogP contribution in [0.25, 0.3) is 0 Å². The van der Waals surface area contributed by atoms with E-state index in [9.17, 15) is 18.3 Å². The first kappa shape index (κ1) is 20.7. The number of benzene rings is 1. The van der Waals surface area contributed by atoms with E-state index in [4.69, 9.17) is 0 Å². The van der Waals surface area contributed by atoms with Crippen molar-refractivity contribution in [2.75, 3.05) is 19.6 Å². The second-order valence-corrected chi connectivity index (χ2v) is 8.15. The highest BCUT2D eigenvalue weighted by molar-refractivity contribution is 5.84. The molecular weight excluding hydrogens is 393 g/mol. The molecule has 30 heavy (non-hydrogen) atoms. The molecule has 1 aliphatic carbocycles. The molecule has 1 N–H and O–H groups in total. The molecule has 2 aliphatic heterocycles. The van der Waals surface area contributed by atoms with Gasteiger partial charge in [-0.1, -0.05) is 12.1 Å². The molecule has 1 saturated carbocycles. The number of alkyl halides is 2. The number of rotatable bonds is 5. The second-order valence-electron chi connectivity index (χ2n) is 8.15. The van der Waals surface area contributed by atoms with Crippen molar-refractivity contribution >= 4 is 12.6 Å². The molecule has 1 aromatic rings. The molecule has 1 saturated heterocycles. The number of amidine groups is 1. The minimum Gasteiger partial charge on any atom is -0.385 e. The van der Waals surface area contributed by atoms with Gasteiger partial charge in [0.05, 0.1) is 5.60 Å². The smallest absolute Gasteiger partial charge is 0.252 e. The first-order valence-electron chi connectivity index (χ1n) is 10.1. The summed E-state index contributed by atoms with van der Waals surface area (Å²) in [6, 6.07) is 6.02. The lowest BCUT2D eigenvalue weighted by Crippen LogP contribution is -2.42. The largest absolute Gasteiger partial charge is 0.385 e. The first-order chi connectivity index (χ1) is 14.3. The SMILES string of the molecule is C=N/N=C(/CC1CC1(F)F)N1C=CC(N2CCC(O)(c3ccc(F)cc3)CC2)=CC1. The van der Waals surface area contributed by atoms with Gasteiger partial charge in [-0.25, -0.2) is 13.2 Å². The molecule has 1 atom stereocenters. The Morgan fingerprint density at radius 3 is 2.40 bits per heavy atom. The zero-order valence-corrected chi connectivity index (χ0v) is 16.6. The number of piperidine rings is 1. The van der Waals surface area contributed by atoms with Crippen LogP contribution >= 0.6 is 0 Å². The zero-order valence-electron chi connectivity index (χ0n) is 16.6. The number of nitrogens with zero attached hydrogens (tertiary/aromatic N) is 4. The van der Waals surface area contributed by atoms with Crippen LogP contribution in [-0.4, -0.2) is 53.0 Å². The zero-order chi connectivity index (χ0) is 21.4. The predicted octanol–water partition coefficient (Wildman–Crippen LogP) is 3.88. The van der Waals surface area contributed by atoms with E-state index in [2.05, 4.69) is 21.8 Å². The van der Waals surface area contributed by atoms with Gasteiger partial charge in [0.1, 0.15) is 11.7 Å². The topological polar surface area (TPSA) is 51.4 Å². The first-order valence-corrected chi connectivity index (χ1v) is 10.1. The van der Waals surface area contributed by atoms with E-state index in [-0.39, 0.29) is 18.7 Å². The summed E-state index contributed by atoms with van der Waals surface area (Å²) in [6.45, 7) is 5.18. The Morgan fingerprint density at radius 2 is 1.87 bits per heavy atom. The third-order valence-electron chi connectivity index (χ3n) is 6.16. The van der Waals surface area contributed by atoms with Crippen molar-refractivity contribution in [3.63, 3.8) is 0 Å². The Labute approximate surface area is 173 Å². The Balaban J connectivity index is 1.35. The van der Waals surface area contributed by atoms with Crippen LogP contribution in [0, 0.1) is 11.7 Å². The fraction of sp³-hybridized carbons (Fsp3) is 0.455. The molecule has 4 rings (SSSR count). The molecule has 0 bridgehead atoms. The Bertz CT molecular complexity index is 886. The maximum atomic E-state index is 13.3. The fourth-order valence-electron chi connectivity index (χ4n) is 4.11. The molecule has 5 nitrogen and oxygen atoms in total. The van der Waals surface area contributed by atoms with Crippen LogP contribution in [-0.2, 0) is 5.60 Å². The summed E-state index contributed by atoms with van der Waals surface area (Å²) in [5, 5.41) is 18.5. The van der Waals surface area contributed by atoms with E-state index in [0.29, 0.717) is 38.3 Å². The van der Waals surface area contributed by atoms with Crippen LogP contribution in [0.15, 0.2) is 58.5 Å². The third kappa shape index (κ3) is 4.28. The number of hydrogen-bond donors (Lipinski definition) is 1. The van der Waals surface area contributed by atoms with Crippen molar-refractivity contribution in [2.45, 2.75) is 37.2 Å². The monoisotopic (exact) mass is 418 g/mol. The Kier molecular flexibility index (Phi) is 5.44. The minimum atomic E-state index is -2.60. The van der Waals surface area contributed by atoms with Gasteiger partial charge >= 0.3 is 0 Å². The Hall–Kier alpha value is -2.61. The van der Waals surface area contributed by atoms with Crippen molar-refractivity contribution in [3.05, 3.63) is 59.7 Å². The summed E-state index contributed by atoms with van der Waals surface area (Å²) in [5.41, 5.74) is 0.799. The molecule has 0 amide bonds. The molecule has 160 valence electrons.